The molecule has 2 aromatic rings. The molecule has 1 aliphatic heterocycles. The van der Waals surface area contributed by atoms with Crippen molar-refractivity contribution in [2.75, 3.05) is 20.2 Å². The molecule has 1 atom stereocenters. The van der Waals surface area contributed by atoms with Crippen LogP contribution in [0.15, 0.2) is 18.3 Å². The van der Waals surface area contributed by atoms with Crippen LogP contribution in [0.4, 0.5) is 0 Å². The maximum absolute atomic E-state index is 12.9. The summed E-state index contributed by atoms with van der Waals surface area (Å²) < 4.78 is 6.58. The standard InChI is InChI=1S/C17H21N5O4/c1-3-13-12(16(23)21-8-4-5-11(10-21)17(24)25)9-18-22(13)14-6-7-15(26-2)20-19-14/h6-7,9,11H,3-5,8,10H2,1-2H3,(H,24,25)/t11-/m0/s1. The van der Waals surface area contributed by atoms with Crippen LogP contribution in [-0.2, 0) is 11.2 Å². The van der Waals surface area contributed by atoms with Gasteiger partial charge in [-0.05, 0) is 25.3 Å². The molecule has 138 valence electrons. The van der Waals surface area contributed by atoms with Crippen LogP contribution in [0.1, 0.15) is 35.8 Å². The monoisotopic (exact) mass is 359 g/mol. The van der Waals surface area contributed by atoms with E-state index in [1.54, 1.807) is 21.7 Å². The van der Waals surface area contributed by atoms with Gasteiger partial charge in [0, 0.05) is 19.2 Å². The van der Waals surface area contributed by atoms with E-state index < -0.39 is 11.9 Å². The van der Waals surface area contributed by atoms with Crippen molar-refractivity contribution in [3.8, 4) is 11.7 Å². The van der Waals surface area contributed by atoms with E-state index in [4.69, 9.17) is 4.74 Å². The lowest BCUT2D eigenvalue weighted by molar-refractivity contribution is -0.143. The van der Waals surface area contributed by atoms with Crippen molar-refractivity contribution < 1.29 is 19.4 Å². The van der Waals surface area contributed by atoms with Crippen LogP contribution in [-0.4, -0.2) is 62.1 Å². The van der Waals surface area contributed by atoms with Gasteiger partial charge >= 0.3 is 5.97 Å². The Bertz CT molecular complexity index is 802. The van der Waals surface area contributed by atoms with Gasteiger partial charge in [-0.25, -0.2) is 4.68 Å². The fraction of sp³-hybridized carbons (Fsp3) is 0.471. The van der Waals surface area contributed by atoms with Crippen LogP contribution in [0.3, 0.4) is 0 Å². The number of hydrogen-bond acceptors (Lipinski definition) is 6. The van der Waals surface area contributed by atoms with Gasteiger partial charge in [0.25, 0.3) is 5.91 Å². The number of piperidine rings is 1. The van der Waals surface area contributed by atoms with Crippen molar-refractivity contribution in [2.45, 2.75) is 26.2 Å². The molecule has 2 aromatic heterocycles. The number of carbonyl (C=O) groups is 2. The van der Waals surface area contributed by atoms with Gasteiger partial charge < -0.3 is 14.7 Å². The number of carboxylic acid groups (broad SMARTS) is 1. The molecule has 9 nitrogen and oxygen atoms in total. The maximum atomic E-state index is 12.9. The predicted octanol–water partition coefficient (Wildman–Crippen LogP) is 1.17. The van der Waals surface area contributed by atoms with Gasteiger partial charge in [0.1, 0.15) is 0 Å². The zero-order valence-electron chi connectivity index (χ0n) is 14.8. The van der Waals surface area contributed by atoms with E-state index >= 15 is 0 Å². The van der Waals surface area contributed by atoms with Crippen LogP contribution < -0.4 is 4.74 Å². The summed E-state index contributed by atoms with van der Waals surface area (Å²) in [6.45, 7) is 2.71. The normalized spacial score (nSPS) is 17.2. The van der Waals surface area contributed by atoms with Crippen LogP contribution in [0, 0.1) is 5.92 Å². The molecule has 1 saturated heterocycles. The summed E-state index contributed by atoms with van der Waals surface area (Å²) >= 11 is 0. The summed E-state index contributed by atoms with van der Waals surface area (Å²) in [4.78, 5) is 25.8. The molecule has 0 aromatic carbocycles. The van der Waals surface area contributed by atoms with E-state index in [0.29, 0.717) is 48.8 Å². The molecule has 3 heterocycles. The van der Waals surface area contributed by atoms with Crippen molar-refractivity contribution in [3.05, 3.63) is 29.6 Å². The molecule has 0 unspecified atom stereocenters. The fourth-order valence-electron chi connectivity index (χ4n) is 3.16. The summed E-state index contributed by atoms with van der Waals surface area (Å²) in [6.07, 6.45) is 3.37. The minimum absolute atomic E-state index is 0.194. The molecule has 0 bridgehead atoms. The molecule has 0 saturated carbocycles. The van der Waals surface area contributed by atoms with Gasteiger partial charge in [-0.15, -0.1) is 10.2 Å². The third kappa shape index (κ3) is 3.37. The van der Waals surface area contributed by atoms with Crippen LogP contribution in [0.2, 0.25) is 0 Å². The largest absolute Gasteiger partial charge is 0.481 e. The first-order valence-electron chi connectivity index (χ1n) is 8.52. The Morgan fingerprint density at radius 2 is 2.15 bits per heavy atom. The van der Waals surface area contributed by atoms with Crippen LogP contribution >= 0.6 is 0 Å². The third-order valence-corrected chi connectivity index (χ3v) is 4.54. The Morgan fingerprint density at radius 3 is 2.77 bits per heavy atom. The minimum Gasteiger partial charge on any atom is -0.481 e. The highest BCUT2D eigenvalue weighted by molar-refractivity contribution is 5.95. The first kappa shape index (κ1) is 17.8. The lowest BCUT2D eigenvalue weighted by atomic mass is 9.97. The Balaban J connectivity index is 1.87. The van der Waals surface area contributed by atoms with E-state index in [2.05, 4.69) is 15.3 Å². The average Bonchev–Trinajstić information content (AvgIpc) is 3.11. The van der Waals surface area contributed by atoms with E-state index in [1.807, 2.05) is 6.92 Å². The lowest BCUT2D eigenvalue weighted by Crippen LogP contribution is -2.42. The highest BCUT2D eigenvalue weighted by Gasteiger charge is 2.30. The first-order chi connectivity index (χ1) is 12.5. The smallest absolute Gasteiger partial charge is 0.308 e. The molecular formula is C17H21N5O4. The van der Waals surface area contributed by atoms with Crippen molar-refractivity contribution in [2.24, 2.45) is 5.92 Å². The van der Waals surface area contributed by atoms with Crippen molar-refractivity contribution >= 4 is 11.9 Å². The Hall–Kier alpha value is -2.97. The second kappa shape index (κ2) is 7.51. The van der Waals surface area contributed by atoms with Gasteiger partial charge in [-0.3, -0.25) is 9.59 Å². The fourth-order valence-corrected chi connectivity index (χ4v) is 3.16. The van der Waals surface area contributed by atoms with Gasteiger partial charge in [-0.2, -0.15) is 5.10 Å². The number of nitrogens with zero attached hydrogens (tertiary/aromatic N) is 5. The maximum Gasteiger partial charge on any atom is 0.308 e. The second-order valence-corrected chi connectivity index (χ2v) is 6.13. The topological polar surface area (TPSA) is 110 Å². The van der Waals surface area contributed by atoms with E-state index in [-0.39, 0.29) is 12.5 Å². The molecule has 9 heteroatoms. The summed E-state index contributed by atoms with van der Waals surface area (Å²) in [5.74, 6) is -0.685. The number of rotatable bonds is 5. The highest BCUT2D eigenvalue weighted by Crippen LogP contribution is 2.22. The molecule has 0 radical (unpaired) electrons. The number of hydrogen-bond donors (Lipinski definition) is 1. The number of ether oxygens (including phenoxy) is 1. The lowest BCUT2D eigenvalue weighted by Gasteiger charge is -2.30. The summed E-state index contributed by atoms with van der Waals surface area (Å²) in [6, 6.07) is 3.39. The molecule has 3 rings (SSSR count). The Morgan fingerprint density at radius 1 is 1.35 bits per heavy atom. The zero-order chi connectivity index (χ0) is 18.7. The van der Waals surface area contributed by atoms with Gasteiger partial charge in [-0.1, -0.05) is 6.92 Å². The number of likely N-dealkylation sites (tertiary alicyclic amines) is 1. The number of carbonyl (C=O) groups excluding carboxylic acids is 1. The third-order valence-electron chi connectivity index (χ3n) is 4.54. The number of aromatic nitrogens is 4. The Labute approximate surface area is 150 Å². The first-order valence-corrected chi connectivity index (χ1v) is 8.52. The van der Waals surface area contributed by atoms with E-state index in [0.717, 1.165) is 0 Å². The average molecular weight is 359 g/mol. The summed E-state index contributed by atoms with van der Waals surface area (Å²) in [5, 5.41) is 21.5. The summed E-state index contributed by atoms with van der Waals surface area (Å²) in [7, 11) is 1.51. The van der Waals surface area contributed by atoms with Gasteiger partial charge in [0.2, 0.25) is 5.88 Å². The van der Waals surface area contributed by atoms with Gasteiger partial charge in [0.15, 0.2) is 5.82 Å². The van der Waals surface area contributed by atoms with Crippen LogP contribution in [0.5, 0.6) is 5.88 Å². The van der Waals surface area contributed by atoms with E-state index in [1.165, 1.54) is 13.3 Å². The SMILES string of the molecule is CCc1c(C(=O)N2CCC[C@H](C(=O)O)C2)cnn1-c1ccc(OC)nn1. The number of aliphatic carboxylic acids is 1. The molecule has 0 aliphatic carbocycles. The molecule has 1 aliphatic rings. The molecule has 1 amide bonds. The summed E-state index contributed by atoms with van der Waals surface area (Å²) in [5.41, 5.74) is 1.18. The predicted molar refractivity (Wildman–Crippen MR) is 91.3 cm³/mol. The van der Waals surface area contributed by atoms with E-state index in [9.17, 15) is 14.7 Å². The van der Waals surface area contributed by atoms with Crippen molar-refractivity contribution in [3.63, 3.8) is 0 Å². The van der Waals surface area contributed by atoms with Crippen molar-refractivity contribution in [1.82, 2.24) is 24.9 Å². The van der Waals surface area contributed by atoms with Crippen molar-refractivity contribution in [1.29, 1.82) is 0 Å². The number of methoxy groups -OCH3 is 1. The second-order valence-electron chi connectivity index (χ2n) is 6.13. The highest BCUT2D eigenvalue weighted by atomic mass is 16.5. The number of carboxylic acids is 1. The molecule has 1 N–H and O–H groups in total. The quantitative estimate of drug-likeness (QED) is 0.853. The minimum atomic E-state index is -0.859. The molecular weight excluding hydrogens is 338 g/mol. The number of amides is 1. The molecule has 0 spiro atoms. The van der Waals surface area contributed by atoms with Crippen LogP contribution in [0.25, 0.3) is 5.82 Å². The zero-order valence-corrected chi connectivity index (χ0v) is 14.8. The van der Waals surface area contributed by atoms with Gasteiger partial charge in [0.05, 0.1) is 30.5 Å². The molecule has 26 heavy (non-hydrogen) atoms. The molecule has 1 fully saturated rings. The Kier molecular flexibility index (Phi) is 5.15.